The fraction of sp³-hybridized carbons (Fsp3) is 0.250. The van der Waals surface area contributed by atoms with Gasteiger partial charge in [0.1, 0.15) is 5.75 Å². The Hall–Kier alpha value is -1.39. The third kappa shape index (κ3) is 2.40. The van der Waals surface area contributed by atoms with E-state index in [0.717, 1.165) is 4.70 Å². The van der Waals surface area contributed by atoms with Gasteiger partial charge in [-0.2, -0.15) is 0 Å². The van der Waals surface area contributed by atoms with Crippen LogP contribution in [0.15, 0.2) is 29.6 Å². The molecule has 0 saturated carbocycles. The third-order valence-corrected chi connectivity index (χ3v) is 3.00. The van der Waals surface area contributed by atoms with E-state index in [1.165, 1.54) is 5.39 Å². The van der Waals surface area contributed by atoms with Gasteiger partial charge in [0, 0.05) is 11.3 Å². The number of carbonyl (C=O) groups is 1. The number of rotatable bonds is 5. The van der Waals surface area contributed by atoms with Gasteiger partial charge in [0.2, 0.25) is 0 Å². The lowest BCUT2D eigenvalue weighted by Gasteiger charge is -2.12. The molecule has 0 amide bonds. The van der Waals surface area contributed by atoms with Crippen molar-refractivity contribution in [3.63, 3.8) is 0 Å². The highest BCUT2D eigenvalue weighted by Crippen LogP contribution is 2.25. The van der Waals surface area contributed by atoms with Crippen LogP contribution in [0.2, 0.25) is 0 Å². The smallest absolute Gasteiger partial charge is 0.256 e. The molecule has 0 aliphatic carbocycles. The second kappa shape index (κ2) is 5.09. The van der Waals surface area contributed by atoms with Crippen molar-refractivity contribution in [1.82, 2.24) is 0 Å². The average Bonchev–Trinajstić information content (AvgIpc) is 2.75. The second-order valence-electron chi connectivity index (χ2n) is 3.20. The molecule has 2 aromatic rings. The Morgan fingerprint density at radius 1 is 1.44 bits per heavy atom. The number of hydrogen-bond acceptors (Lipinski definition) is 4. The average molecular weight is 236 g/mol. The molecule has 1 aromatic heterocycles. The van der Waals surface area contributed by atoms with Gasteiger partial charge < -0.3 is 9.47 Å². The molecule has 0 fully saturated rings. The van der Waals surface area contributed by atoms with Crippen LogP contribution in [-0.4, -0.2) is 19.2 Å². The maximum atomic E-state index is 10.7. The van der Waals surface area contributed by atoms with Gasteiger partial charge in [-0.05, 0) is 42.0 Å². The minimum absolute atomic E-state index is 0.449. The van der Waals surface area contributed by atoms with Crippen molar-refractivity contribution in [3.05, 3.63) is 29.6 Å². The Morgan fingerprint density at radius 3 is 3.06 bits per heavy atom. The summed E-state index contributed by atoms with van der Waals surface area (Å²) in [7, 11) is 0. The van der Waals surface area contributed by atoms with E-state index in [9.17, 15) is 4.79 Å². The Labute approximate surface area is 97.6 Å². The summed E-state index contributed by atoms with van der Waals surface area (Å²) in [4.78, 5) is 10.7. The summed E-state index contributed by atoms with van der Waals surface area (Å²) in [5.74, 6) is 0.653. The lowest BCUT2D eigenvalue weighted by atomic mass is 10.2. The van der Waals surface area contributed by atoms with Crippen molar-refractivity contribution in [3.8, 4) is 5.75 Å². The molecular formula is C12H12O3S. The van der Waals surface area contributed by atoms with Crippen LogP contribution in [0.25, 0.3) is 10.1 Å². The van der Waals surface area contributed by atoms with Crippen molar-refractivity contribution in [2.45, 2.75) is 13.2 Å². The Kier molecular flexibility index (Phi) is 3.54. The normalized spacial score (nSPS) is 12.6. The zero-order chi connectivity index (χ0) is 11.4. The Morgan fingerprint density at radius 2 is 2.31 bits per heavy atom. The Bertz CT molecular complexity index is 478. The van der Waals surface area contributed by atoms with Gasteiger partial charge >= 0.3 is 0 Å². The van der Waals surface area contributed by atoms with E-state index in [-0.39, 0.29) is 0 Å². The van der Waals surface area contributed by atoms with E-state index in [1.54, 1.807) is 11.3 Å². The quantitative estimate of drug-likeness (QED) is 0.591. The van der Waals surface area contributed by atoms with Gasteiger partial charge in [-0.3, -0.25) is 4.79 Å². The number of carbonyl (C=O) groups excluding carboxylic acids is 1. The van der Waals surface area contributed by atoms with Gasteiger partial charge in [0.25, 0.3) is 6.29 Å². The zero-order valence-corrected chi connectivity index (χ0v) is 9.70. The molecule has 0 radical (unpaired) electrons. The molecule has 0 bridgehead atoms. The van der Waals surface area contributed by atoms with Gasteiger partial charge in [-0.25, -0.2) is 0 Å². The van der Waals surface area contributed by atoms with Gasteiger partial charge in [0.05, 0.1) is 0 Å². The summed E-state index contributed by atoms with van der Waals surface area (Å²) in [6.45, 7) is 2.27. The minimum Gasteiger partial charge on any atom is -0.458 e. The number of thiophene rings is 1. The van der Waals surface area contributed by atoms with Crippen LogP contribution in [0, 0.1) is 0 Å². The maximum absolute atomic E-state index is 10.7. The zero-order valence-electron chi connectivity index (χ0n) is 8.88. The summed E-state index contributed by atoms with van der Waals surface area (Å²) in [5, 5.41) is 3.20. The molecule has 2 rings (SSSR count). The summed E-state index contributed by atoms with van der Waals surface area (Å²) < 4.78 is 11.6. The number of aldehydes is 1. The lowest BCUT2D eigenvalue weighted by Crippen LogP contribution is -2.21. The van der Waals surface area contributed by atoms with E-state index in [4.69, 9.17) is 9.47 Å². The largest absolute Gasteiger partial charge is 0.458 e. The first-order valence-electron chi connectivity index (χ1n) is 5.04. The van der Waals surface area contributed by atoms with E-state index >= 15 is 0 Å². The highest BCUT2D eigenvalue weighted by molar-refractivity contribution is 7.17. The molecule has 3 nitrogen and oxygen atoms in total. The molecule has 0 aliphatic rings. The van der Waals surface area contributed by atoms with Crippen LogP contribution in [0.1, 0.15) is 6.92 Å². The summed E-state index contributed by atoms with van der Waals surface area (Å²) in [6.07, 6.45) is -0.162. The molecule has 1 atom stereocenters. The predicted molar refractivity (Wildman–Crippen MR) is 63.9 cm³/mol. The molecule has 16 heavy (non-hydrogen) atoms. The van der Waals surface area contributed by atoms with Gasteiger partial charge in [-0.15, -0.1) is 11.3 Å². The SMILES string of the molecule is CCOC(C=O)Oc1ccc2ccsc2c1. The van der Waals surface area contributed by atoms with Gasteiger partial charge in [-0.1, -0.05) is 0 Å². The summed E-state index contributed by atoms with van der Waals surface area (Å²) >= 11 is 1.64. The molecule has 0 N–H and O–H groups in total. The van der Waals surface area contributed by atoms with Crippen molar-refractivity contribution >= 4 is 27.7 Å². The molecule has 1 heterocycles. The highest BCUT2D eigenvalue weighted by atomic mass is 32.1. The van der Waals surface area contributed by atoms with Crippen LogP contribution in [0.3, 0.4) is 0 Å². The molecule has 1 unspecified atom stereocenters. The van der Waals surface area contributed by atoms with Crippen LogP contribution < -0.4 is 4.74 Å². The standard InChI is InChI=1S/C12H12O3S/c1-2-14-12(8-13)15-10-4-3-9-5-6-16-11(9)7-10/h3-8,12H,2H2,1H3. The van der Waals surface area contributed by atoms with Crippen LogP contribution in [0.4, 0.5) is 0 Å². The predicted octanol–water partition coefficient (Wildman–Crippen LogP) is 2.84. The summed E-state index contributed by atoms with van der Waals surface area (Å²) in [5.41, 5.74) is 0. The maximum Gasteiger partial charge on any atom is 0.256 e. The van der Waals surface area contributed by atoms with Gasteiger partial charge in [0.15, 0.2) is 6.29 Å². The van der Waals surface area contributed by atoms with Crippen LogP contribution in [-0.2, 0) is 9.53 Å². The first-order valence-corrected chi connectivity index (χ1v) is 5.92. The van der Waals surface area contributed by atoms with Crippen molar-refractivity contribution in [2.24, 2.45) is 0 Å². The second-order valence-corrected chi connectivity index (χ2v) is 4.15. The monoisotopic (exact) mass is 236 g/mol. The minimum atomic E-state index is -0.817. The molecule has 0 spiro atoms. The first kappa shape index (κ1) is 11.1. The molecule has 0 saturated heterocycles. The van der Waals surface area contributed by atoms with Crippen molar-refractivity contribution in [1.29, 1.82) is 0 Å². The molecule has 84 valence electrons. The first-order chi connectivity index (χ1) is 7.83. The number of ether oxygens (including phenoxy) is 2. The molecule has 0 aliphatic heterocycles. The topological polar surface area (TPSA) is 35.5 Å². The summed E-state index contributed by atoms with van der Waals surface area (Å²) in [6, 6.07) is 7.76. The van der Waals surface area contributed by atoms with Crippen molar-refractivity contribution in [2.75, 3.05) is 6.61 Å². The Balaban J connectivity index is 2.16. The fourth-order valence-corrected chi connectivity index (χ4v) is 2.23. The molecule has 1 aromatic carbocycles. The molecule has 4 heteroatoms. The number of benzene rings is 1. The van der Waals surface area contributed by atoms with Crippen LogP contribution in [0.5, 0.6) is 5.75 Å². The third-order valence-electron chi connectivity index (χ3n) is 2.12. The highest BCUT2D eigenvalue weighted by Gasteiger charge is 2.08. The van der Waals surface area contributed by atoms with Crippen molar-refractivity contribution < 1.29 is 14.3 Å². The van der Waals surface area contributed by atoms with Crippen LogP contribution >= 0.6 is 11.3 Å². The van der Waals surface area contributed by atoms with E-state index in [1.807, 2.05) is 36.6 Å². The number of fused-ring (bicyclic) bond motifs is 1. The van der Waals surface area contributed by atoms with E-state index in [2.05, 4.69) is 0 Å². The lowest BCUT2D eigenvalue weighted by molar-refractivity contribution is -0.136. The fourth-order valence-electron chi connectivity index (χ4n) is 1.41. The molecular weight excluding hydrogens is 224 g/mol. The van der Waals surface area contributed by atoms with E-state index < -0.39 is 6.29 Å². The number of hydrogen-bond donors (Lipinski definition) is 0. The van der Waals surface area contributed by atoms with E-state index in [0.29, 0.717) is 18.6 Å².